The van der Waals surface area contributed by atoms with E-state index >= 15 is 0 Å². The Balaban J connectivity index is 4.01. The summed E-state index contributed by atoms with van der Waals surface area (Å²) < 4.78 is 20.9. The van der Waals surface area contributed by atoms with Gasteiger partial charge in [0.1, 0.15) is 0 Å². The van der Waals surface area contributed by atoms with Crippen LogP contribution in [0, 0.1) is 0 Å². The topological polar surface area (TPSA) is 83.1 Å². The second-order valence-corrected chi connectivity index (χ2v) is 4.34. The molecule has 0 aliphatic heterocycles. The van der Waals surface area contributed by atoms with E-state index in [1.165, 1.54) is 0 Å². The zero-order valence-corrected chi connectivity index (χ0v) is 9.70. The minimum atomic E-state index is -3.45. The van der Waals surface area contributed by atoms with E-state index in [1.807, 2.05) is 0 Å². The second-order valence-electron chi connectivity index (χ2n) is 2.37. The third-order valence-electron chi connectivity index (χ3n) is 1.18. The van der Waals surface area contributed by atoms with Crippen molar-refractivity contribution in [2.75, 3.05) is 25.9 Å². The zero-order valence-electron chi connectivity index (χ0n) is 8.80. The summed E-state index contributed by atoms with van der Waals surface area (Å²) in [5.41, 5.74) is 0. The molecule has 8 heteroatoms. The molecule has 0 aromatic rings. The fourth-order valence-electron chi connectivity index (χ4n) is 0.613. The number of carbonyl (C=O) groups excluding carboxylic acids is 1. The average molecular weight is 241 g/mol. The molecule has 0 spiro atoms. The summed E-state index contributed by atoms with van der Waals surface area (Å²) >= 11 is 0. The summed E-state index contributed by atoms with van der Waals surface area (Å²) in [6.45, 7) is 3.98. The van der Waals surface area contributed by atoms with Crippen molar-refractivity contribution in [3.8, 4) is 0 Å². The van der Waals surface area contributed by atoms with E-state index in [2.05, 4.69) is 24.4 Å². The molecule has 0 aliphatic carbocycles. The molecular formula is C7H16NO6P. The minimum absolute atomic E-state index is 0.0221. The predicted molar refractivity (Wildman–Crippen MR) is 52.0 cm³/mol. The maximum absolute atomic E-state index is 11.8. The Bertz CT molecular complexity index is 200. The van der Waals surface area contributed by atoms with Crippen LogP contribution in [0.3, 0.4) is 0 Å². The van der Waals surface area contributed by atoms with Gasteiger partial charge in [0, 0.05) is 6.54 Å². The van der Waals surface area contributed by atoms with Crippen LogP contribution in [0.25, 0.3) is 0 Å². The Hall–Kier alpha value is -0.460. The summed E-state index contributed by atoms with van der Waals surface area (Å²) in [6, 6.07) is 0. The molecule has 0 atom stereocenters. The fourth-order valence-corrected chi connectivity index (χ4v) is 1.72. The Labute approximate surface area is 88.4 Å². The van der Waals surface area contributed by atoms with E-state index in [0.29, 0.717) is 6.41 Å². The van der Waals surface area contributed by atoms with Crippen LogP contribution in [0.5, 0.6) is 0 Å². The normalized spacial score (nSPS) is 11.3. The molecule has 15 heavy (non-hydrogen) atoms. The van der Waals surface area contributed by atoms with Crippen molar-refractivity contribution in [1.29, 1.82) is 0 Å². The summed E-state index contributed by atoms with van der Waals surface area (Å²) in [5.74, 6) is 0. The van der Waals surface area contributed by atoms with Crippen molar-refractivity contribution < 1.29 is 28.5 Å². The van der Waals surface area contributed by atoms with Gasteiger partial charge in [0.15, 0.2) is 0 Å². The first-order valence-corrected chi connectivity index (χ1v) is 6.29. The fraction of sp³-hybridized carbons (Fsp3) is 0.857. The summed E-state index contributed by atoms with van der Waals surface area (Å²) in [6.07, 6.45) is 0.470. The Kier molecular flexibility index (Phi) is 8.55. The highest BCUT2D eigenvalue weighted by molar-refractivity contribution is 7.53. The number of amides is 1. The molecule has 90 valence electrons. The molecule has 0 radical (unpaired) electrons. The van der Waals surface area contributed by atoms with Crippen LogP contribution in [-0.4, -0.2) is 32.3 Å². The van der Waals surface area contributed by atoms with Gasteiger partial charge in [0.25, 0.3) is 0 Å². The molecule has 0 unspecified atom stereocenters. The van der Waals surface area contributed by atoms with Crippen molar-refractivity contribution in [3.05, 3.63) is 0 Å². The molecule has 0 rings (SSSR count). The first-order chi connectivity index (χ1) is 7.18. The third-order valence-corrected chi connectivity index (χ3v) is 2.62. The van der Waals surface area contributed by atoms with Crippen LogP contribution >= 0.6 is 7.60 Å². The molecule has 1 N–H and O–H groups in total. The SMILES string of the molecule is CCOOP(=O)(CCNC=O)OOCC. The minimum Gasteiger partial charge on any atom is -0.358 e. The lowest BCUT2D eigenvalue weighted by atomic mass is 10.8. The molecule has 0 saturated carbocycles. The number of rotatable bonds is 10. The van der Waals surface area contributed by atoms with Crippen molar-refractivity contribution >= 4 is 14.0 Å². The molecule has 0 fully saturated rings. The van der Waals surface area contributed by atoms with Gasteiger partial charge in [0.05, 0.1) is 19.4 Å². The molecule has 0 heterocycles. The van der Waals surface area contributed by atoms with E-state index in [-0.39, 0.29) is 25.9 Å². The first kappa shape index (κ1) is 14.5. The maximum Gasteiger partial charge on any atom is 0.386 e. The molecule has 0 bridgehead atoms. The molecule has 1 amide bonds. The summed E-state index contributed by atoms with van der Waals surface area (Å²) in [4.78, 5) is 19.1. The number of hydrogen-bond acceptors (Lipinski definition) is 6. The number of nitrogens with one attached hydrogen (secondary N) is 1. The highest BCUT2D eigenvalue weighted by Crippen LogP contribution is 2.47. The van der Waals surface area contributed by atoms with Crippen molar-refractivity contribution in [1.82, 2.24) is 5.32 Å². The van der Waals surface area contributed by atoms with E-state index in [1.54, 1.807) is 13.8 Å². The van der Waals surface area contributed by atoms with Gasteiger partial charge in [-0.15, -0.1) is 9.35 Å². The Morgan fingerprint density at radius 1 is 1.20 bits per heavy atom. The van der Waals surface area contributed by atoms with Gasteiger partial charge >= 0.3 is 7.60 Å². The van der Waals surface area contributed by atoms with Gasteiger partial charge in [0.2, 0.25) is 6.41 Å². The van der Waals surface area contributed by atoms with Crippen LogP contribution in [-0.2, 0) is 28.5 Å². The van der Waals surface area contributed by atoms with Crippen LogP contribution in [0.15, 0.2) is 0 Å². The van der Waals surface area contributed by atoms with Crippen LogP contribution in [0.4, 0.5) is 0 Å². The number of hydrogen-bond donors (Lipinski definition) is 1. The largest absolute Gasteiger partial charge is 0.386 e. The third kappa shape index (κ3) is 7.47. The molecular weight excluding hydrogens is 225 g/mol. The van der Waals surface area contributed by atoms with E-state index in [9.17, 15) is 9.36 Å². The van der Waals surface area contributed by atoms with Crippen LogP contribution in [0.2, 0.25) is 0 Å². The average Bonchev–Trinajstić information content (AvgIpc) is 2.24. The van der Waals surface area contributed by atoms with Gasteiger partial charge in [-0.05, 0) is 13.8 Å². The van der Waals surface area contributed by atoms with Crippen LogP contribution < -0.4 is 5.32 Å². The highest BCUT2D eigenvalue weighted by Gasteiger charge is 2.27. The lowest BCUT2D eigenvalue weighted by molar-refractivity contribution is -0.262. The lowest BCUT2D eigenvalue weighted by Gasteiger charge is -2.14. The Morgan fingerprint density at radius 2 is 1.73 bits per heavy atom. The maximum atomic E-state index is 11.8. The lowest BCUT2D eigenvalue weighted by Crippen LogP contribution is -2.17. The first-order valence-electron chi connectivity index (χ1n) is 4.57. The second kappa shape index (κ2) is 8.82. The summed E-state index contributed by atoms with van der Waals surface area (Å²) in [5, 5.41) is 2.33. The standard InChI is InChI=1S/C7H16NO6P/c1-3-11-13-15(10,14-12-4-2)6-5-8-7-9/h7H,3-6H2,1-2H3,(H,8,9). The molecule has 0 aromatic carbocycles. The van der Waals surface area contributed by atoms with Gasteiger partial charge < -0.3 is 5.32 Å². The molecule has 0 saturated heterocycles. The number of carbonyl (C=O) groups is 1. The van der Waals surface area contributed by atoms with E-state index in [4.69, 9.17) is 0 Å². The molecule has 0 aliphatic rings. The van der Waals surface area contributed by atoms with Crippen molar-refractivity contribution in [2.45, 2.75) is 13.8 Å². The zero-order chi connectivity index (χ0) is 11.6. The van der Waals surface area contributed by atoms with Crippen molar-refractivity contribution in [2.24, 2.45) is 0 Å². The molecule has 0 aromatic heterocycles. The van der Waals surface area contributed by atoms with E-state index in [0.717, 1.165) is 0 Å². The Morgan fingerprint density at radius 3 is 2.13 bits per heavy atom. The van der Waals surface area contributed by atoms with Gasteiger partial charge in [-0.3, -0.25) is 9.36 Å². The monoisotopic (exact) mass is 241 g/mol. The van der Waals surface area contributed by atoms with Gasteiger partial charge in [-0.25, -0.2) is 9.78 Å². The van der Waals surface area contributed by atoms with E-state index < -0.39 is 7.60 Å². The quantitative estimate of drug-likeness (QED) is 0.201. The van der Waals surface area contributed by atoms with Gasteiger partial charge in [-0.2, -0.15) is 0 Å². The smallest absolute Gasteiger partial charge is 0.358 e. The summed E-state index contributed by atoms with van der Waals surface area (Å²) in [7, 11) is -3.45. The van der Waals surface area contributed by atoms with Crippen molar-refractivity contribution in [3.63, 3.8) is 0 Å². The predicted octanol–water partition coefficient (Wildman–Crippen LogP) is 0.862. The highest BCUT2D eigenvalue weighted by atomic mass is 31.2. The van der Waals surface area contributed by atoms with Crippen LogP contribution in [0.1, 0.15) is 13.8 Å². The molecule has 7 nitrogen and oxygen atoms in total. The van der Waals surface area contributed by atoms with Gasteiger partial charge in [-0.1, -0.05) is 0 Å².